The van der Waals surface area contributed by atoms with Crippen molar-refractivity contribution in [3.63, 3.8) is 0 Å². The lowest BCUT2D eigenvalue weighted by atomic mass is 10.2. The van der Waals surface area contributed by atoms with Crippen LogP contribution in [0.15, 0.2) is 24.3 Å². The minimum Gasteiger partial charge on any atom is -0.449 e. The molecule has 1 aromatic rings. The van der Waals surface area contributed by atoms with Crippen LogP contribution >= 0.6 is 0 Å². The van der Waals surface area contributed by atoms with Crippen LogP contribution in [-0.4, -0.2) is 19.2 Å². The molecule has 2 N–H and O–H groups in total. The lowest BCUT2D eigenvalue weighted by Crippen LogP contribution is -2.33. The summed E-state index contributed by atoms with van der Waals surface area (Å²) in [6.07, 6.45) is 0.522. The van der Waals surface area contributed by atoms with Gasteiger partial charge in [0.2, 0.25) is 0 Å². The lowest BCUT2D eigenvalue weighted by Gasteiger charge is -2.23. The van der Waals surface area contributed by atoms with E-state index < -0.39 is 0 Å². The van der Waals surface area contributed by atoms with Gasteiger partial charge < -0.3 is 10.5 Å². The van der Waals surface area contributed by atoms with Gasteiger partial charge in [0, 0.05) is 6.54 Å². The van der Waals surface area contributed by atoms with E-state index in [9.17, 15) is 4.79 Å². The monoisotopic (exact) mass is 250 g/mol. The first-order valence-corrected chi connectivity index (χ1v) is 6.35. The van der Waals surface area contributed by atoms with Crippen LogP contribution in [0.4, 0.5) is 16.2 Å². The maximum absolute atomic E-state index is 12.0. The van der Waals surface area contributed by atoms with Gasteiger partial charge in [0.15, 0.2) is 0 Å². The molecule has 1 amide bonds. The van der Waals surface area contributed by atoms with Crippen LogP contribution in [0.25, 0.3) is 0 Å². The number of hydrogen-bond acceptors (Lipinski definition) is 3. The number of ether oxygens (including phenoxy) is 1. The number of anilines is 2. The molecule has 1 aromatic carbocycles. The quantitative estimate of drug-likeness (QED) is 0.816. The molecule has 0 spiro atoms. The molecule has 0 atom stereocenters. The number of benzene rings is 1. The van der Waals surface area contributed by atoms with Crippen LogP contribution in [0.1, 0.15) is 27.2 Å². The molecule has 0 bridgehead atoms. The molecule has 4 heteroatoms. The van der Waals surface area contributed by atoms with E-state index in [1.165, 1.54) is 0 Å². The van der Waals surface area contributed by atoms with Gasteiger partial charge in [-0.1, -0.05) is 32.9 Å². The van der Waals surface area contributed by atoms with Gasteiger partial charge in [-0.3, -0.25) is 4.90 Å². The zero-order valence-corrected chi connectivity index (χ0v) is 11.3. The van der Waals surface area contributed by atoms with Gasteiger partial charge in [0.1, 0.15) is 0 Å². The normalized spacial score (nSPS) is 10.4. The molecule has 0 unspecified atom stereocenters. The van der Waals surface area contributed by atoms with Gasteiger partial charge in [-0.05, 0) is 24.5 Å². The first-order chi connectivity index (χ1) is 8.56. The molecule has 0 radical (unpaired) electrons. The third-order valence-electron chi connectivity index (χ3n) is 2.44. The Morgan fingerprint density at radius 3 is 2.61 bits per heavy atom. The summed E-state index contributed by atoms with van der Waals surface area (Å²) in [5.41, 5.74) is 7.20. The van der Waals surface area contributed by atoms with Crippen molar-refractivity contribution in [2.24, 2.45) is 5.92 Å². The zero-order valence-electron chi connectivity index (χ0n) is 11.3. The number of rotatable bonds is 5. The van der Waals surface area contributed by atoms with Gasteiger partial charge in [-0.15, -0.1) is 0 Å². The van der Waals surface area contributed by atoms with E-state index in [2.05, 4.69) is 0 Å². The van der Waals surface area contributed by atoms with Crippen molar-refractivity contribution >= 4 is 17.5 Å². The lowest BCUT2D eigenvalue weighted by molar-refractivity contribution is 0.140. The summed E-state index contributed by atoms with van der Waals surface area (Å²) in [7, 11) is 0. The highest BCUT2D eigenvalue weighted by Gasteiger charge is 2.18. The minimum absolute atomic E-state index is 0.325. The standard InChI is InChI=1S/C14H22N2O2/c1-4-9-16(14(17)18-10-11(2)3)13-8-6-5-7-12(13)15/h5-8,11H,4,9-10,15H2,1-3H3. The molecule has 100 valence electrons. The van der Waals surface area contributed by atoms with Crippen molar-refractivity contribution in [3.05, 3.63) is 24.3 Å². The molecule has 0 aliphatic rings. The first kappa shape index (κ1) is 14.4. The highest BCUT2D eigenvalue weighted by Crippen LogP contribution is 2.23. The molecule has 0 saturated heterocycles. The molecule has 0 saturated carbocycles. The first-order valence-electron chi connectivity index (χ1n) is 6.35. The predicted molar refractivity (Wildman–Crippen MR) is 74.7 cm³/mol. The summed E-state index contributed by atoms with van der Waals surface area (Å²) < 4.78 is 5.26. The number of para-hydroxylation sites is 2. The number of nitrogens with two attached hydrogens (primary N) is 1. The Morgan fingerprint density at radius 1 is 1.39 bits per heavy atom. The van der Waals surface area contributed by atoms with Crippen molar-refractivity contribution in [3.8, 4) is 0 Å². The maximum atomic E-state index is 12.0. The number of carbonyl (C=O) groups excluding carboxylic acids is 1. The summed E-state index contributed by atoms with van der Waals surface area (Å²) in [5.74, 6) is 0.325. The average molecular weight is 250 g/mol. The highest BCUT2D eigenvalue weighted by molar-refractivity contribution is 5.91. The van der Waals surface area contributed by atoms with Crippen molar-refractivity contribution in [2.75, 3.05) is 23.8 Å². The van der Waals surface area contributed by atoms with E-state index in [4.69, 9.17) is 10.5 Å². The van der Waals surface area contributed by atoms with Gasteiger partial charge in [-0.2, -0.15) is 0 Å². The van der Waals surface area contributed by atoms with E-state index in [-0.39, 0.29) is 6.09 Å². The second kappa shape index (κ2) is 6.89. The van der Waals surface area contributed by atoms with Gasteiger partial charge in [0.05, 0.1) is 18.0 Å². The second-order valence-corrected chi connectivity index (χ2v) is 4.68. The Balaban J connectivity index is 2.82. The van der Waals surface area contributed by atoms with E-state index in [0.717, 1.165) is 6.42 Å². The summed E-state index contributed by atoms with van der Waals surface area (Å²) in [6, 6.07) is 7.34. The van der Waals surface area contributed by atoms with Crippen molar-refractivity contribution in [2.45, 2.75) is 27.2 Å². The van der Waals surface area contributed by atoms with Gasteiger partial charge >= 0.3 is 6.09 Å². The van der Waals surface area contributed by atoms with Crippen LogP contribution in [0.3, 0.4) is 0 Å². The fourth-order valence-corrected chi connectivity index (χ4v) is 1.58. The number of nitrogen functional groups attached to an aromatic ring is 1. The minimum atomic E-state index is -0.330. The molecular weight excluding hydrogens is 228 g/mol. The molecule has 18 heavy (non-hydrogen) atoms. The third kappa shape index (κ3) is 3.95. The van der Waals surface area contributed by atoms with Crippen LogP contribution in [-0.2, 0) is 4.74 Å². The molecule has 0 fully saturated rings. The zero-order chi connectivity index (χ0) is 13.5. The molecule has 4 nitrogen and oxygen atoms in total. The molecule has 0 aliphatic heterocycles. The van der Waals surface area contributed by atoms with Gasteiger partial charge in [0.25, 0.3) is 0 Å². The molecule has 0 aromatic heterocycles. The Labute approximate surface area is 109 Å². The Morgan fingerprint density at radius 2 is 2.06 bits per heavy atom. The molecule has 0 aliphatic carbocycles. The summed E-state index contributed by atoms with van der Waals surface area (Å²) in [6.45, 7) is 7.06. The largest absolute Gasteiger partial charge is 0.449 e. The van der Waals surface area contributed by atoms with Crippen LogP contribution in [0, 0.1) is 5.92 Å². The fraction of sp³-hybridized carbons (Fsp3) is 0.500. The van der Waals surface area contributed by atoms with Crippen molar-refractivity contribution < 1.29 is 9.53 Å². The van der Waals surface area contributed by atoms with Crippen LogP contribution < -0.4 is 10.6 Å². The summed E-state index contributed by atoms with van der Waals surface area (Å²) >= 11 is 0. The van der Waals surface area contributed by atoms with Crippen molar-refractivity contribution in [1.82, 2.24) is 0 Å². The Kier molecular flexibility index (Phi) is 5.49. The highest BCUT2D eigenvalue weighted by atomic mass is 16.6. The van der Waals surface area contributed by atoms with Crippen LogP contribution in [0.2, 0.25) is 0 Å². The van der Waals surface area contributed by atoms with Crippen LogP contribution in [0.5, 0.6) is 0 Å². The topological polar surface area (TPSA) is 55.6 Å². The molecular formula is C14H22N2O2. The smallest absolute Gasteiger partial charge is 0.414 e. The fourth-order valence-electron chi connectivity index (χ4n) is 1.58. The number of nitrogens with zero attached hydrogens (tertiary/aromatic N) is 1. The predicted octanol–water partition coefficient (Wildman–Crippen LogP) is 3.28. The Bertz CT molecular complexity index is 391. The van der Waals surface area contributed by atoms with E-state index in [1.54, 1.807) is 11.0 Å². The Hall–Kier alpha value is -1.71. The third-order valence-corrected chi connectivity index (χ3v) is 2.44. The van der Waals surface area contributed by atoms with E-state index in [1.807, 2.05) is 39.0 Å². The van der Waals surface area contributed by atoms with Gasteiger partial charge in [-0.25, -0.2) is 4.79 Å². The average Bonchev–Trinajstić information content (AvgIpc) is 2.34. The molecule has 0 heterocycles. The summed E-state index contributed by atoms with van der Waals surface area (Å²) in [5, 5.41) is 0. The summed E-state index contributed by atoms with van der Waals surface area (Å²) in [4.78, 5) is 13.6. The number of hydrogen-bond donors (Lipinski definition) is 1. The van der Waals surface area contributed by atoms with E-state index in [0.29, 0.717) is 30.4 Å². The number of carbonyl (C=O) groups is 1. The van der Waals surface area contributed by atoms with Crippen molar-refractivity contribution in [1.29, 1.82) is 0 Å². The molecule has 1 rings (SSSR count). The second-order valence-electron chi connectivity index (χ2n) is 4.68. The SMILES string of the molecule is CCCN(C(=O)OCC(C)C)c1ccccc1N. The number of amides is 1. The van der Waals surface area contributed by atoms with E-state index >= 15 is 0 Å². The maximum Gasteiger partial charge on any atom is 0.414 e.